The summed E-state index contributed by atoms with van der Waals surface area (Å²) in [6, 6.07) is 5.90. The van der Waals surface area contributed by atoms with E-state index in [1.165, 1.54) is 0 Å². The Bertz CT molecular complexity index is 647. The number of hydrogen-bond acceptors (Lipinski definition) is 5. The van der Waals surface area contributed by atoms with Crippen LogP contribution in [0.3, 0.4) is 0 Å². The van der Waals surface area contributed by atoms with Gasteiger partial charge in [0.2, 0.25) is 0 Å². The predicted molar refractivity (Wildman–Crippen MR) is 72.1 cm³/mol. The summed E-state index contributed by atoms with van der Waals surface area (Å²) in [5.74, 6) is 0.827. The normalized spacial score (nSPS) is 10.7. The van der Waals surface area contributed by atoms with Crippen molar-refractivity contribution in [1.82, 2.24) is 15.0 Å². The molecule has 0 saturated heterocycles. The number of fused-ring (bicyclic) bond motifs is 1. The molecule has 2 N–H and O–H groups in total. The topological polar surface area (TPSA) is 62.8 Å². The average molecular weight is 260 g/mol. The van der Waals surface area contributed by atoms with Crippen molar-refractivity contribution in [3.8, 4) is 5.75 Å². The lowest BCUT2D eigenvalue weighted by Crippen LogP contribution is -1.98. The molecule has 0 atom stereocenters. The van der Waals surface area contributed by atoms with Gasteiger partial charge in [-0.05, 0) is 12.1 Å². The van der Waals surface area contributed by atoms with Crippen LogP contribution >= 0.6 is 11.3 Å². The molecule has 0 radical (unpaired) electrons. The van der Waals surface area contributed by atoms with Crippen LogP contribution in [0.2, 0.25) is 0 Å². The lowest BCUT2D eigenvalue weighted by atomic mass is 10.3. The molecule has 0 aliphatic heterocycles. The van der Waals surface area contributed by atoms with Crippen molar-refractivity contribution in [1.29, 1.82) is 0 Å². The monoisotopic (exact) mass is 260 g/mol. The fourth-order valence-corrected chi connectivity index (χ4v) is 2.50. The van der Waals surface area contributed by atoms with E-state index in [2.05, 4.69) is 20.3 Å². The maximum absolute atomic E-state index is 5.18. The zero-order chi connectivity index (χ0) is 12.4. The molecule has 2 aromatic heterocycles. The Kier molecular flexibility index (Phi) is 2.85. The molecule has 2 heterocycles. The summed E-state index contributed by atoms with van der Waals surface area (Å²) in [5, 5.41) is 4.17. The van der Waals surface area contributed by atoms with E-state index >= 15 is 0 Å². The van der Waals surface area contributed by atoms with Gasteiger partial charge in [-0.2, -0.15) is 0 Å². The molecule has 92 valence electrons. The summed E-state index contributed by atoms with van der Waals surface area (Å²) in [5.41, 5.74) is 1.98. The molecule has 0 aliphatic rings. The Morgan fingerprint density at radius 2 is 2.39 bits per heavy atom. The number of imidazole rings is 1. The van der Waals surface area contributed by atoms with Crippen LogP contribution in [0, 0.1) is 0 Å². The van der Waals surface area contributed by atoms with Crippen LogP contribution in [0.5, 0.6) is 5.75 Å². The van der Waals surface area contributed by atoms with E-state index in [1.807, 2.05) is 18.2 Å². The van der Waals surface area contributed by atoms with Crippen molar-refractivity contribution in [3.05, 3.63) is 36.4 Å². The first kappa shape index (κ1) is 11.0. The Morgan fingerprint density at radius 3 is 3.17 bits per heavy atom. The maximum Gasteiger partial charge on any atom is 0.184 e. The molecule has 0 amide bonds. The van der Waals surface area contributed by atoms with Crippen LogP contribution in [-0.2, 0) is 6.54 Å². The van der Waals surface area contributed by atoms with Gasteiger partial charge in [0, 0.05) is 12.3 Å². The van der Waals surface area contributed by atoms with Crippen molar-refractivity contribution < 1.29 is 4.74 Å². The Balaban J connectivity index is 1.80. The van der Waals surface area contributed by atoms with Crippen LogP contribution in [0.25, 0.3) is 10.2 Å². The fourth-order valence-electron chi connectivity index (χ4n) is 1.66. The summed E-state index contributed by atoms with van der Waals surface area (Å²) >= 11 is 1.63. The van der Waals surface area contributed by atoms with Crippen molar-refractivity contribution in [2.24, 2.45) is 0 Å². The number of hydrogen-bond donors (Lipinski definition) is 2. The molecule has 3 rings (SSSR count). The van der Waals surface area contributed by atoms with Crippen LogP contribution in [0.15, 0.2) is 30.7 Å². The summed E-state index contributed by atoms with van der Waals surface area (Å²) in [4.78, 5) is 11.5. The van der Waals surface area contributed by atoms with Crippen LogP contribution in [0.4, 0.5) is 5.13 Å². The number of nitrogens with zero attached hydrogens (tertiary/aromatic N) is 2. The van der Waals surface area contributed by atoms with E-state index in [0.717, 1.165) is 26.8 Å². The highest BCUT2D eigenvalue weighted by Crippen LogP contribution is 2.28. The number of aromatic nitrogens is 3. The van der Waals surface area contributed by atoms with Crippen LogP contribution in [-0.4, -0.2) is 22.1 Å². The van der Waals surface area contributed by atoms with Gasteiger partial charge < -0.3 is 15.0 Å². The van der Waals surface area contributed by atoms with E-state index in [4.69, 9.17) is 4.74 Å². The van der Waals surface area contributed by atoms with E-state index in [1.54, 1.807) is 31.0 Å². The number of ether oxygens (including phenoxy) is 1. The molecule has 5 nitrogen and oxygen atoms in total. The smallest absolute Gasteiger partial charge is 0.184 e. The molecule has 1 aromatic carbocycles. The number of thiazole rings is 1. The number of H-pyrrole nitrogens is 1. The number of aromatic amines is 1. The zero-order valence-electron chi connectivity index (χ0n) is 9.80. The molecule has 3 aromatic rings. The molecule has 0 aliphatic carbocycles. The SMILES string of the molecule is COc1ccc2sc(NCc3cnc[nH]3)nc2c1. The number of nitrogens with one attached hydrogen (secondary N) is 2. The Hall–Kier alpha value is -2.08. The van der Waals surface area contributed by atoms with Gasteiger partial charge >= 0.3 is 0 Å². The minimum Gasteiger partial charge on any atom is -0.497 e. The standard InChI is InChI=1S/C12H12N4OS/c1-17-9-2-3-11-10(4-9)16-12(18-11)14-6-8-5-13-7-15-8/h2-5,7H,6H2,1H3,(H,13,15)(H,14,16). The molecule has 0 fully saturated rings. The van der Waals surface area contributed by atoms with Gasteiger partial charge in [0.25, 0.3) is 0 Å². The third kappa shape index (κ3) is 2.14. The van der Waals surface area contributed by atoms with Gasteiger partial charge in [0.05, 0.1) is 35.9 Å². The van der Waals surface area contributed by atoms with Gasteiger partial charge in [-0.15, -0.1) is 0 Å². The van der Waals surface area contributed by atoms with E-state index in [0.29, 0.717) is 6.54 Å². The number of methoxy groups -OCH3 is 1. The van der Waals surface area contributed by atoms with Gasteiger partial charge in [-0.3, -0.25) is 0 Å². The zero-order valence-corrected chi connectivity index (χ0v) is 10.6. The molecular formula is C12H12N4OS. The summed E-state index contributed by atoms with van der Waals surface area (Å²) in [7, 11) is 1.66. The number of anilines is 1. The molecular weight excluding hydrogens is 248 g/mol. The largest absolute Gasteiger partial charge is 0.497 e. The van der Waals surface area contributed by atoms with Gasteiger partial charge in [-0.25, -0.2) is 9.97 Å². The first-order chi connectivity index (χ1) is 8.85. The lowest BCUT2D eigenvalue weighted by Gasteiger charge is -1.98. The molecule has 0 unspecified atom stereocenters. The Labute approximate surface area is 108 Å². The van der Waals surface area contributed by atoms with E-state index in [9.17, 15) is 0 Å². The van der Waals surface area contributed by atoms with Crippen LogP contribution < -0.4 is 10.1 Å². The third-order valence-corrected chi connectivity index (χ3v) is 3.57. The lowest BCUT2D eigenvalue weighted by molar-refractivity contribution is 0.415. The molecule has 6 heteroatoms. The summed E-state index contributed by atoms with van der Waals surface area (Å²) in [6.07, 6.45) is 3.46. The van der Waals surface area contributed by atoms with Crippen molar-refractivity contribution in [3.63, 3.8) is 0 Å². The second kappa shape index (κ2) is 4.66. The van der Waals surface area contributed by atoms with E-state index in [-0.39, 0.29) is 0 Å². The van der Waals surface area contributed by atoms with Gasteiger partial charge in [0.1, 0.15) is 5.75 Å². The molecule has 18 heavy (non-hydrogen) atoms. The Morgan fingerprint density at radius 1 is 1.44 bits per heavy atom. The second-order valence-corrected chi connectivity index (χ2v) is 4.81. The fraction of sp³-hybridized carbons (Fsp3) is 0.167. The first-order valence-electron chi connectivity index (χ1n) is 5.51. The van der Waals surface area contributed by atoms with Crippen molar-refractivity contribution in [2.45, 2.75) is 6.54 Å². The molecule has 0 spiro atoms. The first-order valence-corrected chi connectivity index (χ1v) is 6.32. The predicted octanol–water partition coefficient (Wildman–Crippen LogP) is 2.64. The quantitative estimate of drug-likeness (QED) is 0.757. The van der Waals surface area contributed by atoms with Crippen LogP contribution in [0.1, 0.15) is 5.69 Å². The highest BCUT2D eigenvalue weighted by atomic mass is 32.1. The maximum atomic E-state index is 5.18. The third-order valence-electron chi connectivity index (χ3n) is 2.58. The summed E-state index contributed by atoms with van der Waals surface area (Å²) < 4.78 is 6.32. The second-order valence-electron chi connectivity index (χ2n) is 3.78. The highest BCUT2D eigenvalue weighted by Gasteiger charge is 2.05. The van der Waals surface area contributed by atoms with E-state index < -0.39 is 0 Å². The minimum atomic E-state index is 0.691. The van der Waals surface area contributed by atoms with Crippen molar-refractivity contribution in [2.75, 3.05) is 12.4 Å². The van der Waals surface area contributed by atoms with Crippen molar-refractivity contribution >= 4 is 26.7 Å². The number of benzene rings is 1. The number of rotatable bonds is 4. The summed E-state index contributed by atoms with van der Waals surface area (Å²) in [6.45, 7) is 0.691. The van der Waals surface area contributed by atoms with Gasteiger partial charge in [-0.1, -0.05) is 11.3 Å². The average Bonchev–Trinajstić information content (AvgIpc) is 3.04. The molecule has 0 bridgehead atoms. The highest BCUT2D eigenvalue weighted by molar-refractivity contribution is 7.22. The van der Waals surface area contributed by atoms with Gasteiger partial charge in [0.15, 0.2) is 5.13 Å². The minimum absolute atomic E-state index is 0.691. The molecule has 0 saturated carbocycles.